The minimum atomic E-state index is 0.560. The fourth-order valence-electron chi connectivity index (χ4n) is 2.50. The number of hydrogen-bond donors (Lipinski definition) is 1. The molecule has 0 aliphatic carbocycles. The smallest absolute Gasteiger partial charge is 0.123 e. The number of para-hydroxylation sites is 1. The van der Waals surface area contributed by atoms with E-state index < -0.39 is 0 Å². The number of hydrogen-bond acceptors (Lipinski definition) is 4. The number of rotatable bonds is 8. The molecule has 0 radical (unpaired) electrons. The normalized spacial score (nSPS) is 10.7. The van der Waals surface area contributed by atoms with Crippen LogP contribution in [0.15, 0.2) is 77.9 Å². The summed E-state index contributed by atoms with van der Waals surface area (Å²) in [5.41, 5.74) is 6.27. The van der Waals surface area contributed by atoms with Gasteiger partial charge in [0, 0.05) is 9.13 Å². The zero-order valence-corrected chi connectivity index (χ0v) is 17.2. The molecule has 4 nitrogen and oxygen atoms in total. The highest BCUT2D eigenvalue weighted by Crippen LogP contribution is 2.17. The van der Waals surface area contributed by atoms with Crippen LogP contribution in [0.3, 0.4) is 0 Å². The third kappa shape index (κ3) is 5.99. The van der Waals surface area contributed by atoms with E-state index >= 15 is 0 Å². The molecule has 0 aliphatic heterocycles. The topological polar surface area (TPSA) is 42.8 Å². The highest BCUT2D eigenvalue weighted by Gasteiger charge is 2.00. The van der Waals surface area contributed by atoms with Gasteiger partial charge in [-0.1, -0.05) is 30.3 Å². The Morgan fingerprint density at radius 3 is 2.44 bits per heavy atom. The van der Waals surface area contributed by atoms with Gasteiger partial charge in [-0.25, -0.2) is 0 Å². The molecule has 5 heteroatoms. The van der Waals surface area contributed by atoms with Gasteiger partial charge in [0.05, 0.1) is 19.9 Å². The number of nitrogens with one attached hydrogen (secondary N) is 1. The molecule has 0 spiro atoms. The summed E-state index contributed by atoms with van der Waals surface area (Å²) in [4.78, 5) is 0. The lowest BCUT2D eigenvalue weighted by molar-refractivity contribution is 0.306. The summed E-state index contributed by atoms with van der Waals surface area (Å²) in [5.74, 6) is 1.70. The van der Waals surface area contributed by atoms with Crippen molar-refractivity contribution in [3.8, 4) is 11.5 Å². The maximum absolute atomic E-state index is 5.82. The van der Waals surface area contributed by atoms with Crippen LogP contribution in [0, 0.1) is 3.57 Å². The molecule has 3 aromatic carbocycles. The molecule has 3 aromatic rings. The average Bonchev–Trinajstić information content (AvgIpc) is 2.72. The van der Waals surface area contributed by atoms with E-state index in [0.717, 1.165) is 28.2 Å². The minimum Gasteiger partial charge on any atom is -0.496 e. The molecule has 1 N–H and O–H groups in total. The van der Waals surface area contributed by atoms with Gasteiger partial charge in [-0.15, -0.1) is 0 Å². The lowest BCUT2D eigenvalue weighted by atomic mass is 10.2. The molecule has 0 bridgehead atoms. The van der Waals surface area contributed by atoms with E-state index in [4.69, 9.17) is 9.47 Å². The molecule has 0 atom stereocenters. The molecule has 0 saturated carbocycles. The molecule has 0 aliphatic rings. The maximum atomic E-state index is 5.82. The van der Waals surface area contributed by atoms with E-state index in [1.54, 1.807) is 13.3 Å². The van der Waals surface area contributed by atoms with Crippen LogP contribution in [0.1, 0.15) is 16.7 Å². The summed E-state index contributed by atoms with van der Waals surface area (Å²) in [6.07, 6.45) is 1.79. The number of nitrogens with zero attached hydrogens (tertiary/aromatic N) is 1. The number of benzene rings is 3. The SMILES string of the molecule is COc1ccccc1CN/N=C/c1ccc(OCc2ccc(I)cc2)cc1. The molecule has 0 heterocycles. The van der Waals surface area contributed by atoms with Gasteiger partial charge < -0.3 is 14.9 Å². The molecule has 0 amide bonds. The third-order valence-corrected chi connectivity index (χ3v) is 4.68. The predicted octanol–water partition coefficient (Wildman–Crippen LogP) is 5.00. The Balaban J connectivity index is 1.48. The Hall–Kier alpha value is -2.54. The van der Waals surface area contributed by atoms with Crippen molar-refractivity contribution >= 4 is 28.8 Å². The Kier molecular flexibility index (Phi) is 7.10. The van der Waals surface area contributed by atoms with E-state index in [9.17, 15) is 0 Å². The van der Waals surface area contributed by atoms with Crippen molar-refractivity contribution in [2.75, 3.05) is 7.11 Å². The Bertz CT molecular complexity index is 878. The second-order valence-corrected chi connectivity index (χ2v) is 7.13. The maximum Gasteiger partial charge on any atom is 0.123 e. The van der Waals surface area contributed by atoms with Crippen LogP contribution in [-0.4, -0.2) is 13.3 Å². The molecule has 3 rings (SSSR count). The van der Waals surface area contributed by atoms with Crippen LogP contribution in [0.2, 0.25) is 0 Å². The minimum absolute atomic E-state index is 0.560. The first-order valence-electron chi connectivity index (χ1n) is 8.60. The molecule has 0 unspecified atom stereocenters. The summed E-state index contributed by atoms with van der Waals surface area (Å²) in [5, 5.41) is 4.27. The quantitative estimate of drug-likeness (QED) is 0.285. The van der Waals surface area contributed by atoms with Crippen molar-refractivity contribution in [1.82, 2.24) is 5.43 Å². The summed E-state index contributed by atoms with van der Waals surface area (Å²) in [6, 6.07) is 24.1. The van der Waals surface area contributed by atoms with Gasteiger partial charge in [0.25, 0.3) is 0 Å². The van der Waals surface area contributed by atoms with Crippen molar-refractivity contribution in [2.45, 2.75) is 13.2 Å². The molecule has 138 valence electrons. The van der Waals surface area contributed by atoms with E-state index in [-0.39, 0.29) is 0 Å². The predicted molar refractivity (Wildman–Crippen MR) is 117 cm³/mol. The molecular weight excluding hydrogens is 451 g/mol. The van der Waals surface area contributed by atoms with Gasteiger partial charge >= 0.3 is 0 Å². The van der Waals surface area contributed by atoms with Gasteiger partial charge in [0.2, 0.25) is 0 Å². The first-order valence-corrected chi connectivity index (χ1v) is 9.67. The largest absolute Gasteiger partial charge is 0.496 e. The number of halogens is 1. The highest BCUT2D eigenvalue weighted by molar-refractivity contribution is 14.1. The Labute approximate surface area is 173 Å². The van der Waals surface area contributed by atoms with Crippen molar-refractivity contribution in [3.63, 3.8) is 0 Å². The summed E-state index contributed by atoms with van der Waals surface area (Å²) < 4.78 is 12.4. The van der Waals surface area contributed by atoms with E-state index in [0.29, 0.717) is 13.2 Å². The van der Waals surface area contributed by atoms with Crippen molar-refractivity contribution in [2.24, 2.45) is 5.10 Å². The summed E-state index contributed by atoms with van der Waals surface area (Å²) >= 11 is 2.30. The van der Waals surface area contributed by atoms with Crippen molar-refractivity contribution < 1.29 is 9.47 Å². The summed E-state index contributed by atoms with van der Waals surface area (Å²) in [7, 11) is 1.67. The lowest BCUT2D eigenvalue weighted by Crippen LogP contribution is -2.06. The molecule has 0 saturated heterocycles. The Morgan fingerprint density at radius 1 is 0.963 bits per heavy atom. The second kappa shape index (κ2) is 9.97. The zero-order chi connectivity index (χ0) is 18.9. The van der Waals surface area contributed by atoms with Crippen LogP contribution >= 0.6 is 22.6 Å². The van der Waals surface area contributed by atoms with Gasteiger partial charge in [0.15, 0.2) is 0 Å². The van der Waals surface area contributed by atoms with Crippen LogP contribution in [0.25, 0.3) is 0 Å². The van der Waals surface area contributed by atoms with Gasteiger partial charge in [-0.3, -0.25) is 0 Å². The highest BCUT2D eigenvalue weighted by atomic mass is 127. The van der Waals surface area contributed by atoms with Crippen LogP contribution < -0.4 is 14.9 Å². The van der Waals surface area contributed by atoms with Crippen LogP contribution in [0.4, 0.5) is 0 Å². The lowest BCUT2D eigenvalue weighted by Gasteiger charge is -2.07. The van der Waals surface area contributed by atoms with Gasteiger partial charge in [0.1, 0.15) is 18.1 Å². The molecular formula is C22H21IN2O2. The van der Waals surface area contributed by atoms with Gasteiger partial charge in [-0.2, -0.15) is 5.10 Å². The number of hydrazone groups is 1. The third-order valence-electron chi connectivity index (χ3n) is 3.97. The Morgan fingerprint density at radius 2 is 1.70 bits per heavy atom. The first-order chi connectivity index (χ1) is 13.2. The fourth-order valence-corrected chi connectivity index (χ4v) is 2.86. The standard InChI is InChI=1S/C22H21IN2O2/c1-26-22-5-3-2-4-19(22)15-25-24-14-17-8-12-21(13-9-17)27-16-18-6-10-20(23)11-7-18/h2-14,25H,15-16H2,1H3/b24-14+. The van der Waals surface area contributed by atoms with E-state index in [2.05, 4.69) is 57.4 Å². The fraction of sp³-hybridized carbons (Fsp3) is 0.136. The van der Waals surface area contributed by atoms with Crippen molar-refractivity contribution in [3.05, 3.63) is 93.1 Å². The molecule has 0 aromatic heterocycles. The van der Waals surface area contributed by atoms with E-state index in [1.807, 2.05) is 48.5 Å². The number of ether oxygens (including phenoxy) is 2. The first kappa shape index (κ1) is 19.2. The van der Waals surface area contributed by atoms with Crippen LogP contribution in [0.5, 0.6) is 11.5 Å². The van der Waals surface area contributed by atoms with Gasteiger partial charge in [-0.05, 0) is 76.2 Å². The second-order valence-electron chi connectivity index (χ2n) is 5.89. The van der Waals surface area contributed by atoms with Crippen LogP contribution in [-0.2, 0) is 13.2 Å². The monoisotopic (exact) mass is 472 g/mol. The summed E-state index contributed by atoms with van der Waals surface area (Å²) in [6.45, 7) is 1.17. The van der Waals surface area contributed by atoms with E-state index in [1.165, 1.54) is 3.57 Å². The van der Waals surface area contributed by atoms with Crippen molar-refractivity contribution in [1.29, 1.82) is 0 Å². The molecule has 27 heavy (non-hydrogen) atoms. The zero-order valence-electron chi connectivity index (χ0n) is 15.1. The molecule has 0 fully saturated rings. The number of methoxy groups -OCH3 is 1. The average molecular weight is 472 g/mol.